The number of nitrogen functional groups attached to an aromatic ring is 1. The third-order valence-corrected chi connectivity index (χ3v) is 14.7. The number of nitrogens with two attached hydrogens (primary N) is 1. The standard InChI is InChI=1S/C48H79N3O18P2/c1-3-5-7-8-9-10-11-12-13-14-15-16-21-25-43(55)64-32-36-33-65-70(60,61)69-71(62,63)66-34-41-46(58)45(57)37(28-27-35(52)23-19-6-4-2)39(53)31-40(54)38(24-20-17-18-22-26-44(56)67-36)47(68-41)51-30-29-42(49)50-48(51)59/h10-11,17,20,27-30,35-38,40-41,45-47,52,54,57-58H,3-9,12-16,18-19,21-26,31-34H2,1-2H3,(H,60,61)(H,62,63)(H2,49,50,59)/b11-10-,20-17?,28-27?/t35-,36+,37-,38-,40-,41+,45-,46+,47+/m0/s1. The van der Waals surface area contributed by atoms with Gasteiger partial charge in [-0.3, -0.25) is 28.0 Å². The van der Waals surface area contributed by atoms with E-state index in [4.69, 9.17) is 29.0 Å². The van der Waals surface area contributed by atoms with Crippen LogP contribution in [0.15, 0.2) is 53.5 Å². The molecule has 2 aliphatic heterocycles. The van der Waals surface area contributed by atoms with Gasteiger partial charge in [-0.1, -0.05) is 108 Å². The number of carbonyl (C=O) groups excluding carboxylic acids is 3. The number of hydrogen-bond acceptors (Lipinski definition) is 18. The maximum absolute atomic E-state index is 13.9. The van der Waals surface area contributed by atoms with Gasteiger partial charge in [0.15, 0.2) is 6.10 Å². The molecule has 0 aromatic carbocycles. The molecule has 8 N–H and O–H groups in total. The van der Waals surface area contributed by atoms with Crippen molar-refractivity contribution in [1.82, 2.24) is 9.55 Å². The van der Waals surface area contributed by atoms with E-state index in [0.717, 1.165) is 62.1 Å². The summed E-state index contributed by atoms with van der Waals surface area (Å²) in [4.78, 5) is 77.9. The van der Waals surface area contributed by atoms with E-state index in [-0.39, 0.29) is 37.9 Å². The molecule has 21 nitrogen and oxygen atoms in total. The first kappa shape index (κ1) is 61.9. The van der Waals surface area contributed by atoms with Gasteiger partial charge in [-0.25, -0.2) is 13.9 Å². The third-order valence-electron chi connectivity index (χ3n) is 12.1. The van der Waals surface area contributed by atoms with Gasteiger partial charge in [0.05, 0.1) is 37.4 Å². The van der Waals surface area contributed by atoms with E-state index < -0.39 is 120 Å². The third kappa shape index (κ3) is 24.4. The van der Waals surface area contributed by atoms with E-state index >= 15 is 0 Å². The van der Waals surface area contributed by atoms with Crippen LogP contribution in [0.5, 0.6) is 0 Å². The fourth-order valence-corrected chi connectivity index (χ4v) is 10.1. The number of phosphoric ester groups is 2. The molecule has 3 rings (SSSR count). The summed E-state index contributed by atoms with van der Waals surface area (Å²) in [7, 11) is -11.3. The molecule has 1 aromatic rings. The Morgan fingerprint density at radius 1 is 0.901 bits per heavy atom. The highest BCUT2D eigenvalue weighted by Crippen LogP contribution is 2.60. The predicted octanol–water partition coefficient (Wildman–Crippen LogP) is 6.59. The summed E-state index contributed by atoms with van der Waals surface area (Å²) in [5.41, 5.74) is 4.74. The highest BCUT2D eigenvalue weighted by molar-refractivity contribution is 7.61. The van der Waals surface area contributed by atoms with Gasteiger partial charge in [0.25, 0.3) is 0 Å². The van der Waals surface area contributed by atoms with Crippen LogP contribution < -0.4 is 11.4 Å². The average Bonchev–Trinajstić information content (AvgIpc) is 3.30. The lowest BCUT2D eigenvalue weighted by molar-refractivity contribution is -0.186. The highest BCUT2D eigenvalue weighted by Gasteiger charge is 2.45. The van der Waals surface area contributed by atoms with Crippen LogP contribution in [0.1, 0.15) is 155 Å². The SMILES string of the molecule is CCCCCC/C=C\CCCCCCCC(=O)OC[C@@H]1COP(=O)(O)OP(=O)(O)OC[C@H]2O[C@@H](n3ccc(N)nc3=O)[C@@H](CC=CCCCC(=O)O1)[C@@H](O)CC(=O)[C@H](C=C[C@@H](O)CCCCC)[C@H](O)[C@@H]2O. The largest absolute Gasteiger partial charge is 0.481 e. The van der Waals surface area contributed by atoms with E-state index in [1.165, 1.54) is 43.9 Å². The first-order valence-electron chi connectivity index (χ1n) is 25.1. The van der Waals surface area contributed by atoms with Gasteiger partial charge in [-0.2, -0.15) is 9.29 Å². The number of ether oxygens (including phenoxy) is 3. The van der Waals surface area contributed by atoms with Crippen molar-refractivity contribution < 1.29 is 81.3 Å². The number of cyclic esters (lactones) is 1. The summed E-state index contributed by atoms with van der Waals surface area (Å²) >= 11 is 0. The number of unbranched alkanes of at least 4 members (excludes halogenated alkanes) is 11. The van der Waals surface area contributed by atoms with Gasteiger partial charge in [-0.05, 0) is 63.9 Å². The molecule has 0 aliphatic carbocycles. The van der Waals surface area contributed by atoms with E-state index in [9.17, 15) is 58.5 Å². The van der Waals surface area contributed by atoms with Crippen LogP contribution in [0, 0.1) is 11.8 Å². The van der Waals surface area contributed by atoms with Crippen LogP contribution >= 0.6 is 15.6 Å². The molecule has 23 heteroatoms. The minimum atomic E-state index is -5.72. The summed E-state index contributed by atoms with van der Waals surface area (Å²) in [5.74, 6) is -5.22. The van der Waals surface area contributed by atoms with E-state index in [2.05, 4.69) is 28.4 Å². The van der Waals surface area contributed by atoms with Crippen LogP contribution in [0.4, 0.5) is 5.82 Å². The summed E-state index contributed by atoms with van der Waals surface area (Å²) in [6, 6.07) is 1.23. The number of phosphoric acid groups is 2. The molecular weight excluding hydrogens is 968 g/mol. The quantitative estimate of drug-likeness (QED) is 0.0279. The molecule has 0 saturated carbocycles. The smallest absolute Gasteiger partial charge is 0.462 e. The summed E-state index contributed by atoms with van der Waals surface area (Å²) in [6.45, 7) is 1.41. The molecule has 404 valence electrons. The zero-order valence-electron chi connectivity index (χ0n) is 41.2. The van der Waals surface area contributed by atoms with Crippen LogP contribution in [0.3, 0.4) is 0 Å². The van der Waals surface area contributed by atoms with Gasteiger partial charge in [0, 0.05) is 31.4 Å². The van der Waals surface area contributed by atoms with Crippen LogP contribution in [-0.4, -0.2) is 114 Å². The Hall–Kier alpha value is -3.43. The number of nitrogens with zero attached hydrogens (tertiary/aromatic N) is 2. The molecule has 0 spiro atoms. The van der Waals surface area contributed by atoms with Crippen LogP contribution in [0.2, 0.25) is 0 Å². The highest BCUT2D eigenvalue weighted by atomic mass is 31.3. The van der Waals surface area contributed by atoms with Crippen molar-refractivity contribution in [3.8, 4) is 0 Å². The second-order valence-electron chi connectivity index (χ2n) is 18.1. The van der Waals surface area contributed by atoms with Crippen molar-refractivity contribution in [3.05, 3.63) is 59.2 Å². The minimum Gasteiger partial charge on any atom is -0.462 e. The van der Waals surface area contributed by atoms with Gasteiger partial charge in [0.1, 0.15) is 36.6 Å². The Morgan fingerprint density at radius 2 is 1.55 bits per heavy atom. The molecule has 1 fully saturated rings. The zero-order valence-corrected chi connectivity index (χ0v) is 43.0. The summed E-state index contributed by atoms with van der Waals surface area (Å²) in [6.07, 6.45) is 12.9. The predicted molar refractivity (Wildman–Crippen MR) is 262 cm³/mol. The van der Waals surface area contributed by atoms with Gasteiger partial charge >= 0.3 is 33.3 Å². The second kappa shape index (κ2) is 33.4. The number of carbonyl (C=O) groups is 3. The molecule has 11 atom stereocenters. The van der Waals surface area contributed by atoms with Crippen molar-refractivity contribution in [1.29, 1.82) is 0 Å². The molecule has 1 aromatic heterocycles. The number of aliphatic hydroxyl groups excluding tert-OH is 4. The monoisotopic (exact) mass is 1050 g/mol. The Bertz CT molecular complexity index is 2000. The maximum Gasteiger partial charge on any atom is 0.481 e. The Morgan fingerprint density at radius 3 is 2.24 bits per heavy atom. The van der Waals surface area contributed by atoms with Gasteiger partial charge in [-0.15, -0.1) is 0 Å². The van der Waals surface area contributed by atoms with E-state index in [1.54, 1.807) is 12.2 Å². The molecule has 0 radical (unpaired) electrons. The normalized spacial score (nSPS) is 29.5. The molecule has 71 heavy (non-hydrogen) atoms. The molecule has 3 heterocycles. The van der Waals surface area contributed by atoms with E-state index in [0.29, 0.717) is 19.3 Å². The number of allylic oxidation sites excluding steroid dienone is 4. The lowest BCUT2D eigenvalue weighted by Gasteiger charge is -2.39. The first-order chi connectivity index (χ1) is 33.9. The molecular formula is C48H79N3O18P2. The zero-order chi connectivity index (χ0) is 52.2. The number of Topliss-reactive ketones (excluding diaryl/α,β-unsaturated/α-hetero) is 1. The molecule has 2 aliphatic rings. The maximum atomic E-state index is 13.9. The minimum absolute atomic E-state index is 0.0662. The number of esters is 2. The summed E-state index contributed by atoms with van der Waals surface area (Å²) < 4.78 is 58.7. The van der Waals surface area contributed by atoms with Crippen LogP contribution in [0.25, 0.3) is 0 Å². The molecule has 2 bridgehead atoms. The van der Waals surface area contributed by atoms with E-state index in [1.807, 2.05) is 6.92 Å². The fraction of sp³-hybridized carbons (Fsp3) is 0.729. The van der Waals surface area contributed by atoms with Crippen molar-refractivity contribution in [2.75, 3.05) is 25.6 Å². The lowest BCUT2D eigenvalue weighted by Crippen LogP contribution is -2.51. The number of hydrogen-bond donors (Lipinski definition) is 7. The molecule has 0 amide bonds. The topological polar surface area (TPSA) is 323 Å². The number of ketones is 1. The van der Waals surface area contributed by atoms with Gasteiger partial charge in [0.2, 0.25) is 0 Å². The van der Waals surface area contributed by atoms with Crippen molar-refractivity contribution >= 4 is 39.2 Å². The fourth-order valence-electron chi connectivity index (χ4n) is 8.00. The first-order valence-corrected chi connectivity index (χ1v) is 28.1. The number of fused-ring (bicyclic) bond motifs is 3. The van der Waals surface area contributed by atoms with Crippen LogP contribution in [-0.2, 0) is 51.1 Å². The lowest BCUT2D eigenvalue weighted by atomic mass is 9.83. The Kier molecular flexibility index (Phi) is 29.1. The Labute approximate surface area is 417 Å². The summed E-state index contributed by atoms with van der Waals surface area (Å²) in [5, 5.41) is 45.6. The number of aliphatic hydroxyl groups is 4. The van der Waals surface area contributed by atoms with Crippen molar-refractivity contribution in [2.45, 2.75) is 192 Å². The molecule has 1 saturated heterocycles. The number of aromatic nitrogens is 2. The average molecular weight is 1050 g/mol. The molecule has 2 unspecified atom stereocenters. The number of anilines is 1. The van der Waals surface area contributed by atoms with Crippen molar-refractivity contribution in [2.24, 2.45) is 11.8 Å². The van der Waals surface area contributed by atoms with Gasteiger partial charge < -0.3 is 50.2 Å². The second-order valence-corrected chi connectivity index (χ2v) is 21.1. The van der Waals surface area contributed by atoms with Crippen molar-refractivity contribution in [3.63, 3.8) is 0 Å². The Balaban J connectivity index is 1.83. The number of rotatable bonds is 22.